The quantitative estimate of drug-likeness (QED) is 0.642. The Morgan fingerprint density at radius 2 is 1.61 bits per heavy atom. The molecule has 1 fully saturated rings. The van der Waals surface area contributed by atoms with Gasteiger partial charge in [0.1, 0.15) is 5.75 Å². The van der Waals surface area contributed by atoms with Gasteiger partial charge in [0.2, 0.25) is 10.0 Å². The summed E-state index contributed by atoms with van der Waals surface area (Å²) in [6.45, 7) is 5.19. The number of ether oxygens (including phenoxy) is 1. The summed E-state index contributed by atoms with van der Waals surface area (Å²) in [5.74, 6) is 0.610. The molecule has 0 bridgehead atoms. The summed E-state index contributed by atoms with van der Waals surface area (Å²) in [6, 6.07) is 14.6. The van der Waals surface area contributed by atoms with E-state index >= 15 is 0 Å². The van der Waals surface area contributed by atoms with Crippen molar-refractivity contribution in [3.63, 3.8) is 0 Å². The largest absolute Gasteiger partial charge is 0.484 e. The minimum atomic E-state index is -3.55. The number of aryl methyl sites for hydroxylation is 2. The lowest BCUT2D eigenvalue weighted by Crippen LogP contribution is -2.47. The molecule has 168 valence electrons. The molecule has 0 spiro atoms. The molecule has 1 aliphatic heterocycles. The Morgan fingerprint density at radius 3 is 2.19 bits per heavy atom. The van der Waals surface area contributed by atoms with E-state index in [1.165, 1.54) is 5.56 Å². The number of carbonyl (C=O) groups excluding carboxylic acids is 1. The smallest absolute Gasteiger partial charge is 0.260 e. The molecule has 1 N–H and O–H groups in total. The van der Waals surface area contributed by atoms with Crippen LogP contribution in [0, 0.1) is 0 Å². The van der Waals surface area contributed by atoms with Gasteiger partial charge in [-0.1, -0.05) is 44.5 Å². The van der Waals surface area contributed by atoms with E-state index in [0.29, 0.717) is 31.7 Å². The summed E-state index contributed by atoms with van der Waals surface area (Å²) in [7, 11) is -3.55. The van der Waals surface area contributed by atoms with Crippen LogP contribution < -0.4 is 9.46 Å². The summed E-state index contributed by atoms with van der Waals surface area (Å²) in [6.07, 6.45) is 4.17. The number of amides is 1. The summed E-state index contributed by atoms with van der Waals surface area (Å²) in [5, 5.41) is 0. The average Bonchev–Trinajstić information content (AvgIpc) is 2.79. The minimum absolute atomic E-state index is 0.00665. The number of likely N-dealkylation sites (tertiary alicyclic amines) is 1. The highest BCUT2D eigenvalue weighted by Gasteiger charge is 2.26. The van der Waals surface area contributed by atoms with Crippen LogP contribution in [0.15, 0.2) is 53.4 Å². The standard InChI is InChI=1S/C24H32N2O4S/c1-3-5-20-6-10-22(11-7-20)30-18-24(27)26-16-14-21(15-17-26)25-31(28,29)23-12-8-19(4-2)9-13-23/h6-13,21,25H,3-5,14-18H2,1-2H3. The van der Waals surface area contributed by atoms with Gasteiger partial charge in [0, 0.05) is 19.1 Å². The third-order valence-electron chi connectivity index (χ3n) is 5.64. The number of hydrogen-bond donors (Lipinski definition) is 1. The van der Waals surface area contributed by atoms with Gasteiger partial charge < -0.3 is 9.64 Å². The first-order valence-corrected chi connectivity index (χ1v) is 12.5. The first-order chi connectivity index (χ1) is 14.9. The third kappa shape index (κ3) is 6.55. The second-order valence-electron chi connectivity index (χ2n) is 7.96. The molecule has 0 radical (unpaired) electrons. The van der Waals surface area contributed by atoms with E-state index in [9.17, 15) is 13.2 Å². The number of nitrogens with one attached hydrogen (secondary N) is 1. The lowest BCUT2D eigenvalue weighted by Gasteiger charge is -2.32. The fourth-order valence-electron chi connectivity index (χ4n) is 3.72. The Balaban J connectivity index is 1.45. The predicted octanol–water partition coefficient (Wildman–Crippen LogP) is 3.55. The maximum atomic E-state index is 12.6. The number of nitrogens with zero attached hydrogens (tertiary/aromatic N) is 1. The maximum absolute atomic E-state index is 12.6. The third-order valence-corrected chi connectivity index (χ3v) is 7.17. The topological polar surface area (TPSA) is 75.7 Å². The monoisotopic (exact) mass is 444 g/mol. The summed E-state index contributed by atoms with van der Waals surface area (Å²) in [5.41, 5.74) is 2.36. The second-order valence-corrected chi connectivity index (χ2v) is 9.67. The molecule has 6 nitrogen and oxygen atoms in total. The van der Waals surface area contributed by atoms with Gasteiger partial charge in [0.05, 0.1) is 4.90 Å². The fraction of sp³-hybridized carbons (Fsp3) is 0.458. The molecular formula is C24H32N2O4S. The van der Waals surface area contributed by atoms with E-state index in [1.54, 1.807) is 17.0 Å². The van der Waals surface area contributed by atoms with Crippen molar-refractivity contribution in [1.82, 2.24) is 9.62 Å². The zero-order valence-corrected chi connectivity index (χ0v) is 19.2. The Bertz CT molecular complexity index is 948. The van der Waals surface area contributed by atoms with Crippen molar-refractivity contribution < 1.29 is 17.9 Å². The highest BCUT2D eigenvalue weighted by molar-refractivity contribution is 7.89. The van der Waals surface area contributed by atoms with Gasteiger partial charge >= 0.3 is 0 Å². The first-order valence-electron chi connectivity index (χ1n) is 11.0. The molecule has 7 heteroatoms. The predicted molar refractivity (Wildman–Crippen MR) is 122 cm³/mol. The Morgan fingerprint density at radius 1 is 1.00 bits per heavy atom. The van der Waals surface area contributed by atoms with Crippen LogP contribution in [0.1, 0.15) is 44.2 Å². The molecule has 3 rings (SSSR count). The lowest BCUT2D eigenvalue weighted by molar-refractivity contribution is -0.134. The Hall–Kier alpha value is -2.38. The second kappa shape index (κ2) is 10.8. The number of piperidine rings is 1. The highest BCUT2D eigenvalue weighted by atomic mass is 32.2. The number of sulfonamides is 1. The van der Waals surface area contributed by atoms with E-state index in [4.69, 9.17) is 4.74 Å². The molecule has 0 unspecified atom stereocenters. The molecule has 1 heterocycles. The van der Waals surface area contributed by atoms with Gasteiger partial charge in [-0.2, -0.15) is 0 Å². The summed E-state index contributed by atoms with van der Waals surface area (Å²) in [4.78, 5) is 14.5. The SMILES string of the molecule is CCCc1ccc(OCC(=O)N2CCC(NS(=O)(=O)c3ccc(CC)cc3)CC2)cc1. The lowest BCUT2D eigenvalue weighted by atomic mass is 10.1. The normalized spacial score (nSPS) is 15.1. The number of carbonyl (C=O) groups is 1. The number of hydrogen-bond acceptors (Lipinski definition) is 4. The van der Waals surface area contributed by atoms with E-state index < -0.39 is 10.0 Å². The van der Waals surface area contributed by atoms with Crippen LogP contribution in [0.3, 0.4) is 0 Å². The van der Waals surface area contributed by atoms with Gasteiger partial charge in [-0.25, -0.2) is 13.1 Å². The minimum Gasteiger partial charge on any atom is -0.484 e. The summed E-state index contributed by atoms with van der Waals surface area (Å²) >= 11 is 0. The van der Waals surface area contributed by atoms with E-state index in [2.05, 4.69) is 11.6 Å². The molecule has 0 aliphatic carbocycles. The number of rotatable bonds is 9. The molecule has 2 aromatic carbocycles. The van der Waals surface area contributed by atoms with Crippen molar-refractivity contribution in [2.24, 2.45) is 0 Å². The van der Waals surface area contributed by atoms with Crippen molar-refractivity contribution >= 4 is 15.9 Å². The van der Waals surface area contributed by atoms with Crippen molar-refractivity contribution in [3.8, 4) is 5.75 Å². The first kappa shape index (κ1) is 23.3. The van der Waals surface area contributed by atoms with Gasteiger partial charge in [0.15, 0.2) is 6.61 Å². The highest BCUT2D eigenvalue weighted by Crippen LogP contribution is 2.17. The van der Waals surface area contributed by atoms with Crippen LogP contribution >= 0.6 is 0 Å². The van der Waals surface area contributed by atoms with Gasteiger partial charge in [-0.3, -0.25) is 4.79 Å². The van der Waals surface area contributed by atoms with Crippen LogP contribution in [-0.4, -0.2) is 45.0 Å². The molecular weight excluding hydrogens is 412 g/mol. The molecule has 1 amide bonds. The zero-order chi connectivity index (χ0) is 22.3. The van der Waals surface area contributed by atoms with Crippen LogP contribution in [0.4, 0.5) is 0 Å². The van der Waals surface area contributed by atoms with Crippen molar-refractivity contribution in [3.05, 3.63) is 59.7 Å². The van der Waals surface area contributed by atoms with E-state index in [0.717, 1.165) is 24.8 Å². The molecule has 31 heavy (non-hydrogen) atoms. The maximum Gasteiger partial charge on any atom is 0.260 e. The van der Waals surface area contributed by atoms with Crippen molar-refractivity contribution in [2.45, 2.75) is 56.9 Å². The summed E-state index contributed by atoms with van der Waals surface area (Å²) < 4.78 is 33.7. The van der Waals surface area contributed by atoms with Crippen molar-refractivity contribution in [1.29, 1.82) is 0 Å². The van der Waals surface area contributed by atoms with Crippen LogP contribution in [0.2, 0.25) is 0 Å². The molecule has 0 atom stereocenters. The van der Waals surface area contributed by atoms with E-state index in [-0.39, 0.29) is 23.5 Å². The fourth-order valence-corrected chi connectivity index (χ4v) is 5.02. The molecule has 0 saturated carbocycles. The zero-order valence-electron chi connectivity index (χ0n) is 18.3. The van der Waals surface area contributed by atoms with Crippen LogP contribution in [0.25, 0.3) is 0 Å². The van der Waals surface area contributed by atoms with Gasteiger partial charge in [0.25, 0.3) is 5.91 Å². The Labute approximate surface area is 185 Å². The Kier molecular flexibility index (Phi) is 8.09. The molecule has 0 aromatic heterocycles. The molecule has 1 saturated heterocycles. The van der Waals surface area contributed by atoms with Gasteiger partial charge in [-0.05, 0) is 61.1 Å². The molecule has 1 aliphatic rings. The van der Waals surface area contributed by atoms with Crippen LogP contribution in [-0.2, 0) is 27.7 Å². The average molecular weight is 445 g/mol. The number of benzene rings is 2. The van der Waals surface area contributed by atoms with Crippen molar-refractivity contribution in [2.75, 3.05) is 19.7 Å². The van der Waals surface area contributed by atoms with Gasteiger partial charge in [-0.15, -0.1) is 0 Å². The molecule has 2 aromatic rings. The van der Waals surface area contributed by atoms with Crippen LogP contribution in [0.5, 0.6) is 5.75 Å². The van der Waals surface area contributed by atoms with E-state index in [1.807, 2.05) is 43.3 Å².